The summed E-state index contributed by atoms with van der Waals surface area (Å²) in [6, 6.07) is 7.91. The van der Waals surface area contributed by atoms with Crippen LogP contribution in [0.4, 0.5) is 11.5 Å². The Morgan fingerprint density at radius 3 is 2.70 bits per heavy atom. The zero-order valence-electron chi connectivity index (χ0n) is 12.4. The lowest BCUT2D eigenvalue weighted by molar-refractivity contribution is -0.384. The van der Waals surface area contributed by atoms with Gasteiger partial charge in [-0.15, -0.1) is 0 Å². The Morgan fingerprint density at radius 2 is 2.04 bits per heavy atom. The molecule has 0 bridgehead atoms. The predicted molar refractivity (Wildman–Crippen MR) is 84.3 cm³/mol. The quantitative estimate of drug-likeness (QED) is 0.574. The first-order chi connectivity index (χ1) is 11.1. The minimum atomic E-state index is -0.493. The number of rotatable bonds is 5. The van der Waals surface area contributed by atoms with Gasteiger partial charge in [0, 0.05) is 18.9 Å². The van der Waals surface area contributed by atoms with Crippen LogP contribution in [0.3, 0.4) is 0 Å². The Labute approximate surface area is 132 Å². The number of benzene rings is 1. The topological polar surface area (TPSA) is 98.8 Å². The van der Waals surface area contributed by atoms with Gasteiger partial charge in [-0.25, -0.2) is 15.0 Å². The zero-order chi connectivity index (χ0) is 16.2. The van der Waals surface area contributed by atoms with Gasteiger partial charge < -0.3 is 5.32 Å². The average Bonchev–Trinajstić information content (AvgIpc) is 3.08. The lowest BCUT2D eigenvalue weighted by atomic mass is 10.1. The van der Waals surface area contributed by atoms with Crippen molar-refractivity contribution in [3.8, 4) is 5.82 Å². The fourth-order valence-corrected chi connectivity index (χ4v) is 2.13. The van der Waals surface area contributed by atoms with Crippen molar-refractivity contribution in [2.75, 3.05) is 5.32 Å². The third-order valence-electron chi connectivity index (χ3n) is 3.32. The lowest BCUT2D eigenvalue weighted by Gasteiger charge is -2.09. The van der Waals surface area contributed by atoms with Crippen molar-refractivity contribution in [3.63, 3.8) is 0 Å². The molecule has 0 fully saturated rings. The van der Waals surface area contributed by atoms with E-state index in [1.165, 1.54) is 23.4 Å². The largest absolute Gasteiger partial charge is 0.360 e. The van der Waals surface area contributed by atoms with E-state index in [0.29, 0.717) is 6.54 Å². The summed E-state index contributed by atoms with van der Waals surface area (Å²) in [5.74, 6) is 0.350. The van der Waals surface area contributed by atoms with Crippen LogP contribution in [0, 0.1) is 17.0 Å². The van der Waals surface area contributed by atoms with Crippen molar-refractivity contribution in [2.24, 2.45) is 0 Å². The van der Waals surface area contributed by atoms with E-state index >= 15 is 0 Å². The molecule has 0 unspecified atom stereocenters. The molecule has 0 atom stereocenters. The molecule has 0 saturated carbocycles. The predicted octanol–water partition coefficient (Wildman–Crippen LogP) is 2.49. The number of hydrogen-bond acceptors (Lipinski definition) is 6. The van der Waals surface area contributed by atoms with Gasteiger partial charge in [-0.1, -0.05) is 29.8 Å². The van der Waals surface area contributed by atoms with Crippen LogP contribution in [-0.2, 0) is 6.54 Å². The first-order valence-electron chi connectivity index (χ1n) is 6.92. The van der Waals surface area contributed by atoms with E-state index in [1.807, 2.05) is 31.2 Å². The smallest absolute Gasteiger partial charge is 0.354 e. The highest BCUT2D eigenvalue weighted by molar-refractivity contribution is 5.64. The highest BCUT2D eigenvalue weighted by Crippen LogP contribution is 2.27. The zero-order valence-corrected chi connectivity index (χ0v) is 12.4. The van der Waals surface area contributed by atoms with Crippen molar-refractivity contribution >= 4 is 11.5 Å². The number of aryl methyl sites for hydroxylation is 1. The molecule has 0 amide bonds. The van der Waals surface area contributed by atoms with Gasteiger partial charge in [0.25, 0.3) is 0 Å². The summed E-state index contributed by atoms with van der Waals surface area (Å²) < 4.78 is 1.48. The molecule has 1 N–H and O–H groups in total. The minimum Gasteiger partial charge on any atom is -0.360 e. The molecule has 0 radical (unpaired) electrons. The van der Waals surface area contributed by atoms with E-state index in [4.69, 9.17) is 0 Å². The number of imidazole rings is 1. The Hall–Kier alpha value is -3.29. The minimum absolute atomic E-state index is 0.175. The van der Waals surface area contributed by atoms with Gasteiger partial charge in [-0.05, 0) is 12.5 Å². The molecule has 0 saturated heterocycles. The molecule has 3 rings (SSSR count). The van der Waals surface area contributed by atoms with Crippen LogP contribution in [0.1, 0.15) is 11.1 Å². The Kier molecular flexibility index (Phi) is 3.96. The molecule has 3 aromatic rings. The van der Waals surface area contributed by atoms with Gasteiger partial charge >= 0.3 is 5.69 Å². The summed E-state index contributed by atoms with van der Waals surface area (Å²) in [5.41, 5.74) is 1.98. The van der Waals surface area contributed by atoms with Crippen molar-refractivity contribution in [3.05, 3.63) is 70.6 Å². The Bertz CT molecular complexity index is 814. The summed E-state index contributed by atoms with van der Waals surface area (Å²) in [6.45, 7) is 2.44. The van der Waals surface area contributed by atoms with Crippen LogP contribution in [0.5, 0.6) is 0 Å². The van der Waals surface area contributed by atoms with E-state index < -0.39 is 4.92 Å². The van der Waals surface area contributed by atoms with Gasteiger partial charge in [-0.3, -0.25) is 14.7 Å². The van der Waals surface area contributed by atoms with Crippen molar-refractivity contribution in [1.29, 1.82) is 0 Å². The average molecular weight is 310 g/mol. The van der Waals surface area contributed by atoms with Crippen LogP contribution in [0.25, 0.3) is 5.82 Å². The highest BCUT2D eigenvalue weighted by Gasteiger charge is 2.23. The Morgan fingerprint density at radius 1 is 1.26 bits per heavy atom. The van der Waals surface area contributed by atoms with E-state index in [0.717, 1.165) is 11.1 Å². The summed E-state index contributed by atoms with van der Waals surface area (Å²) >= 11 is 0. The molecule has 8 nitrogen and oxygen atoms in total. The number of nitrogens with zero attached hydrogens (tertiary/aromatic N) is 5. The van der Waals surface area contributed by atoms with Gasteiger partial charge in [-0.2, -0.15) is 0 Å². The highest BCUT2D eigenvalue weighted by atomic mass is 16.6. The molecule has 8 heteroatoms. The summed E-state index contributed by atoms with van der Waals surface area (Å²) in [7, 11) is 0. The van der Waals surface area contributed by atoms with Crippen molar-refractivity contribution in [1.82, 2.24) is 19.5 Å². The van der Waals surface area contributed by atoms with Crippen LogP contribution < -0.4 is 5.32 Å². The van der Waals surface area contributed by atoms with Crippen LogP contribution in [-0.4, -0.2) is 24.4 Å². The molecular weight excluding hydrogens is 296 g/mol. The molecule has 2 heterocycles. The molecule has 2 aromatic heterocycles. The molecular formula is C15H14N6O2. The lowest BCUT2D eigenvalue weighted by Crippen LogP contribution is -2.09. The molecule has 0 spiro atoms. The van der Waals surface area contributed by atoms with E-state index in [-0.39, 0.29) is 17.3 Å². The maximum atomic E-state index is 11.4. The number of nitrogens with one attached hydrogen (secondary N) is 1. The summed E-state index contributed by atoms with van der Waals surface area (Å²) in [6.07, 6.45) is 5.88. The first-order valence-corrected chi connectivity index (χ1v) is 6.92. The van der Waals surface area contributed by atoms with Gasteiger partial charge in [0.2, 0.25) is 11.6 Å². The van der Waals surface area contributed by atoms with Gasteiger partial charge in [0.05, 0.1) is 4.92 Å². The molecule has 1 aromatic carbocycles. The van der Waals surface area contributed by atoms with E-state index in [1.54, 1.807) is 6.20 Å². The standard InChI is InChI=1S/C15H14N6O2/c1-11-2-4-12(5-3-11)8-17-14-13(21(22)23)15(19-9-18-14)20-7-6-16-10-20/h2-7,9-10H,8H2,1H3,(H,17,18,19). The number of nitro groups is 1. The third-order valence-corrected chi connectivity index (χ3v) is 3.32. The van der Waals surface area contributed by atoms with Crippen LogP contribution in [0.2, 0.25) is 0 Å². The number of anilines is 1. The van der Waals surface area contributed by atoms with Crippen molar-refractivity contribution < 1.29 is 4.92 Å². The second kappa shape index (κ2) is 6.22. The maximum absolute atomic E-state index is 11.4. The van der Waals surface area contributed by atoms with Crippen LogP contribution in [0.15, 0.2) is 49.3 Å². The third kappa shape index (κ3) is 3.15. The second-order valence-corrected chi connectivity index (χ2v) is 4.96. The first kappa shape index (κ1) is 14.6. The number of aromatic nitrogens is 4. The number of hydrogen-bond donors (Lipinski definition) is 1. The van der Waals surface area contributed by atoms with E-state index in [9.17, 15) is 10.1 Å². The van der Waals surface area contributed by atoms with Gasteiger partial charge in [0.1, 0.15) is 12.7 Å². The molecule has 0 aliphatic heterocycles. The molecule has 23 heavy (non-hydrogen) atoms. The molecule has 0 aliphatic carbocycles. The molecule has 116 valence electrons. The van der Waals surface area contributed by atoms with E-state index in [2.05, 4.69) is 20.3 Å². The van der Waals surface area contributed by atoms with Crippen molar-refractivity contribution in [2.45, 2.75) is 13.5 Å². The molecule has 0 aliphatic rings. The van der Waals surface area contributed by atoms with Crippen LogP contribution >= 0.6 is 0 Å². The Balaban J connectivity index is 1.91. The van der Waals surface area contributed by atoms with Gasteiger partial charge in [0.15, 0.2) is 0 Å². The summed E-state index contributed by atoms with van der Waals surface area (Å²) in [4.78, 5) is 22.8. The maximum Gasteiger partial charge on any atom is 0.354 e. The SMILES string of the molecule is Cc1ccc(CNc2ncnc(-n3ccnc3)c2[N+](=O)[O-])cc1. The summed E-state index contributed by atoms with van der Waals surface area (Å²) in [5, 5.41) is 14.5. The fraction of sp³-hybridized carbons (Fsp3) is 0.133. The monoisotopic (exact) mass is 310 g/mol. The normalized spacial score (nSPS) is 10.5. The second-order valence-electron chi connectivity index (χ2n) is 4.96. The fourth-order valence-electron chi connectivity index (χ4n) is 2.13.